The third kappa shape index (κ3) is 9.55. The molecule has 0 saturated heterocycles. The fourth-order valence-corrected chi connectivity index (χ4v) is 3.33. The molecular formula is C21H32N4O8S. The zero-order valence-corrected chi connectivity index (χ0v) is 19.7. The molecule has 13 heteroatoms. The molecule has 34 heavy (non-hydrogen) atoms. The van der Waals surface area contributed by atoms with Crippen LogP contribution in [-0.4, -0.2) is 93.0 Å². The van der Waals surface area contributed by atoms with Gasteiger partial charge < -0.3 is 42.1 Å². The number of nitrogens with two attached hydrogens (primary N) is 1. The Morgan fingerprint density at radius 1 is 1.00 bits per heavy atom. The number of benzene rings is 1. The highest BCUT2D eigenvalue weighted by molar-refractivity contribution is 7.98. The van der Waals surface area contributed by atoms with Gasteiger partial charge in [-0.3, -0.25) is 14.4 Å². The largest absolute Gasteiger partial charge is 0.508 e. The number of carboxylic acid groups (broad SMARTS) is 1. The van der Waals surface area contributed by atoms with Crippen LogP contribution in [0.15, 0.2) is 24.3 Å². The molecule has 0 bridgehead atoms. The number of rotatable bonds is 14. The molecule has 1 aromatic rings. The van der Waals surface area contributed by atoms with Gasteiger partial charge in [-0.1, -0.05) is 12.1 Å². The van der Waals surface area contributed by atoms with E-state index in [2.05, 4.69) is 16.0 Å². The van der Waals surface area contributed by atoms with E-state index in [1.807, 2.05) is 6.26 Å². The number of phenols is 1. The van der Waals surface area contributed by atoms with Crippen molar-refractivity contribution < 1.29 is 39.6 Å². The molecule has 0 radical (unpaired) electrons. The summed E-state index contributed by atoms with van der Waals surface area (Å²) in [6.07, 6.45) is 0.648. The summed E-state index contributed by atoms with van der Waals surface area (Å²) in [6.45, 7) is 0.421. The van der Waals surface area contributed by atoms with E-state index in [0.29, 0.717) is 17.7 Å². The van der Waals surface area contributed by atoms with Crippen LogP contribution in [0, 0.1) is 0 Å². The van der Waals surface area contributed by atoms with Gasteiger partial charge in [-0.15, -0.1) is 0 Å². The first-order valence-corrected chi connectivity index (χ1v) is 11.8. The molecule has 5 atom stereocenters. The number of aliphatic hydroxyl groups is 2. The van der Waals surface area contributed by atoms with Crippen LogP contribution in [0.3, 0.4) is 0 Å². The summed E-state index contributed by atoms with van der Waals surface area (Å²) in [5.74, 6) is -3.34. The maximum absolute atomic E-state index is 12.7. The topological polar surface area (TPSA) is 211 Å². The number of nitrogens with one attached hydrogen (secondary N) is 3. The second-order valence-electron chi connectivity index (χ2n) is 7.63. The number of amides is 3. The highest BCUT2D eigenvalue weighted by Crippen LogP contribution is 2.12. The predicted octanol–water partition coefficient (Wildman–Crippen LogP) is -2.07. The van der Waals surface area contributed by atoms with E-state index in [-0.39, 0.29) is 12.2 Å². The molecule has 12 nitrogen and oxygen atoms in total. The SMILES string of the molecule is CSCCC(N)C(=O)NC(CO)C(=O)NC(C(=O)NC(Cc1ccc(O)cc1)C(=O)O)C(C)O. The van der Waals surface area contributed by atoms with Gasteiger partial charge in [0.05, 0.1) is 18.8 Å². The number of hydrogen-bond acceptors (Lipinski definition) is 9. The fourth-order valence-electron chi connectivity index (χ4n) is 2.84. The summed E-state index contributed by atoms with van der Waals surface area (Å²) in [4.78, 5) is 49.0. The number of carbonyl (C=O) groups is 4. The third-order valence-corrected chi connectivity index (χ3v) is 5.48. The Morgan fingerprint density at radius 2 is 1.59 bits per heavy atom. The van der Waals surface area contributed by atoms with Crippen molar-refractivity contribution in [2.45, 2.75) is 50.0 Å². The number of aliphatic carboxylic acids is 1. The highest BCUT2D eigenvalue weighted by atomic mass is 32.2. The van der Waals surface area contributed by atoms with E-state index in [9.17, 15) is 39.6 Å². The minimum Gasteiger partial charge on any atom is -0.508 e. The van der Waals surface area contributed by atoms with Gasteiger partial charge in [0.15, 0.2) is 0 Å². The lowest BCUT2D eigenvalue weighted by molar-refractivity contribution is -0.143. The quantitative estimate of drug-likeness (QED) is 0.140. The van der Waals surface area contributed by atoms with E-state index in [1.54, 1.807) is 0 Å². The van der Waals surface area contributed by atoms with Gasteiger partial charge in [0.25, 0.3) is 0 Å². The van der Waals surface area contributed by atoms with E-state index in [0.717, 1.165) is 0 Å². The van der Waals surface area contributed by atoms with Crippen LogP contribution < -0.4 is 21.7 Å². The van der Waals surface area contributed by atoms with Crippen molar-refractivity contribution in [3.05, 3.63) is 29.8 Å². The van der Waals surface area contributed by atoms with E-state index in [1.165, 1.54) is 43.0 Å². The Kier molecular flexibility index (Phi) is 12.4. The molecule has 5 unspecified atom stereocenters. The average molecular weight is 501 g/mol. The monoisotopic (exact) mass is 500 g/mol. The smallest absolute Gasteiger partial charge is 0.326 e. The second-order valence-corrected chi connectivity index (χ2v) is 8.61. The highest BCUT2D eigenvalue weighted by Gasteiger charge is 2.32. The first-order chi connectivity index (χ1) is 16.0. The molecule has 9 N–H and O–H groups in total. The van der Waals surface area contributed by atoms with Crippen LogP contribution in [-0.2, 0) is 25.6 Å². The number of aliphatic hydroxyl groups excluding tert-OH is 2. The molecule has 0 aromatic heterocycles. The number of carbonyl (C=O) groups excluding carboxylic acids is 3. The van der Waals surface area contributed by atoms with Crippen molar-refractivity contribution in [1.29, 1.82) is 0 Å². The van der Waals surface area contributed by atoms with Gasteiger partial charge in [0.2, 0.25) is 17.7 Å². The normalized spacial score (nSPS) is 15.3. The number of carboxylic acids is 1. The number of aromatic hydroxyl groups is 1. The van der Waals surface area contributed by atoms with Crippen molar-refractivity contribution in [2.75, 3.05) is 18.6 Å². The van der Waals surface area contributed by atoms with Gasteiger partial charge >= 0.3 is 5.97 Å². The van der Waals surface area contributed by atoms with Crippen LogP contribution in [0.2, 0.25) is 0 Å². The Labute approximate surface area is 201 Å². The molecule has 1 rings (SSSR count). The molecule has 1 aromatic carbocycles. The lowest BCUT2D eigenvalue weighted by atomic mass is 10.0. The maximum atomic E-state index is 12.7. The molecule has 0 aliphatic carbocycles. The van der Waals surface area contributed by atoms with Crippen LogP contribution in [0.5, 0.6) is 5.75 Å². The lowest BCUT2D eigenvalue weighted by Crippen LogP contribution is -2.60. The van der Waals surface area contributed by atoms with Crippen LogP contribution >= 0.6 is 11.8 Å². The number of thioether (sulfide) groups is 1. The molecule has 0 fully saturated rings. The first-order valence-electron chi connectivity index (χ1n) is 10.4. The van der Waals surface area contributed by atoms with Gasteiger partial charge in [0, 0.05) is 6.42 Å². The number of hydrogen-bond donors (Lipinski definition) is 8. The second kappa shape index (κ2) is 14.4. The summed E-state index contributed by atoms with van der Waals surface area (Å²) >= 11 is 1.49. The Morgan fingerprint density at radius 3 is 2.09 bits per heavy atom. The van der Waals surface area contributed by atoms with Crippen molar-refractivity contribution >= 4 is 35.5 Å². The van der Waals surface area contributed by atoms with Crippen molar-refractivity contribution in [3.63, 3.8) is 0 Å². The molecule has 0 aliphatic heterocycles. The lowest BCUT2D eigenvalue weighted by Gasteiger charge is -2.26. The minimum atomic E-state index is -1.56. The van der Waals surface area contributed by atoms with E-state index < -0.39 is 60.6 Å². The van der Waals surface area contributed by atoms with Crippen molar-refractivity contribution in [3.8, 4) is 5.75 Å². The first kappa shape index (κ1) is 29.2. The van der Waals surface area contributed by atoms with Gasteiger partial charge in [-0.2, -0.15) is 11.8 Å². The maximum Gasteiger partial charge on any atom is 0.326 e. The molecule has 0 aliphatic rings. The summed E-state index contributed by atoms with van der Waals surface area (Å²) in [5, 5.41) is 45.1. The summed E-state index contributed by atoms with van der Waals surface area (Å²) in [5.41, 5.74) is 6.26. The predicted molar refractivity (Wildman–Crippen MR) is 125 cm³/mol. The van der Waals surface area contributed by atoms with Gasteiger partial charge in [-0.25, -0.2) is 4.79 Å². The molecule has 0 heterocycles. The standard InChI is InChI=1S/C21H32N4O8S/c1-11(27)17(25-19(30)16(10-26)24-18(29)14(22)7-8-34-2)20(31)23-15(21(32)33)9-12-3-5-13(28)6-4-12/h3-6,11,14-17,26-28H,7-10,22H2,1-2H3,(H,23,31)(H,24,29)(H,25,30)(H,32,33). The summed E-state index contributed by atoms with van der Waals surface area (Å²) in [6, 6.07) is 0.419. The van der Waals surface area contributed by atoms with Gasteiger partial charge in [0.1, 0.15) is 23.9 Å². The zero-order valence-electron chi connectivity index (χ0n) is 18.9. The summed E-state index contributed by atoms with van der Waals surface area (Å²) in [7, 11) is 0. The van der Waals surface area contributed by atoms with Crippen LogP contribution in [0.1, 0.15) is 18.9 Å². The molecule has 190 valence electrons. The minimum absolute atomic E-state index is 0.00715. The molecule has 3 amide bonds. The number of phenolic OH excluding ortho intramolecular Hbond substituents is 1. The van der Waals surface area contributed by atoms with Gasteiger partial charge in [-0.05, 0) is 43.0 Å². The van der Waals surface area contributed by atoms with Crippen molar-refractivity contribution in [2.24, 2.45) is 5.73 Å². The van der Waals surface area contributed by atoms with E-state index in [4.69, 9.17) is 5.73 Å². The third-order valence-electron chi connectivity index (χ3n) is 4.84. The molecule has 0 spiro atoms. The van der Waals surface area contributed by atoms with Crippen LogP contribution in [0.4, 0.5) is 0 Å². The molecular weight excluding hydrogens is 468 g/mol. The average Bonchev–Trinajstić information content (AvgIpc) is 2.79. The summed E-state index contributed by atoms with van der Waals surface area (Å²) < 4.78 is 0. The Bertz CT molecular complexity index is 837. The molecule has 0 saturated carbocycles. The van der Waals surface area contributed by atoms with Crippen molar-refractivity contribution in [1.82, 2.24) is 16.0 Å². The van der Waals surface area contributed by atoms with E-state index >= 15 is 0 Å². The zero-order chi connectivity index (χ0) is 25.8. The Hall–Kier alpha value is -2.87. The van der Waals surface area contributed by atoms with Crippen LogP contribution in [0.25, 0.3) is 0 Å². The Balaban J connectivity index is 2.84. The fraction of sp³-hybridized carbons (Fsp3) is 0.524.